The molecular weight excluding hydrogens is 282 g/mol. The van der Waals surface area contributed by atoms with Crippen LogP contribution in [-0.2, 0) is 11.3 Å². The topological polar surface area (TPSA) is 84.6 Å². The minimum absolute atomic E-state index is 0.0395. The molecule has 3 rings (SSSR count). The summed E-state index contributed by atoms with van der Waals surface area (Å²) in [4.78, 5) is 8.46. The van der Waals surface area contributed by atoms with E-state index in [2.05, 4.69) is 20.4 Å². The summed E-state index contributed by atoms with van der Waals surface area (Å²) in [7, 11) is 1.61. The highest BCUT2D eigenvalue weighted by Gasteiger charge is 2.14. The van der Waals surface area contributed by atoms with Gasteiger partial charge in [-0.25, -0.2) is 4.98 Å². The summed E-state index contributed by atoms with van der Waals surface area (Å²) >= 11 is 0. The van der Waals surface area contributed by atoms with Gasteiger partial charge in [-0.3, -0.25) is 0 Å². The van der Waals surface area contributed by atoms with Crippen LogP contribution in [0.2, 0.25) is 0 Å². The van der Waals surface area contributed by atoms with Crippen molar-refractivity contribution in [3.8, 4) is 0 Å². The quantitative estimate of drug-likeness (QED) is 0.716. The summed E-state index contributed by atoms with van der Waals surface area (Å²) in [6.45, 7) is 0.343. The number of fused-ring (bicyclic) bond motifs is 1. The maximum atomic E-state index is 9.69. The summed E-state index contributed by atoms with van der Waals surface area (Å²) < 4.78 is 6.73. The zero-order valence-corrected chi connectivity index (χ0v) is 12.2. The normalized spacial score (nSPS) is 12.5. The molecule has 2 aromatic heterocycles. The summed E-state index contributed by atoms with van der Waals surface area (Å²) in [6.07, 6.45) is 1.45. The average Bonchev–Trinajstić information content (AvgIpc) is 3.02. The Morgan fingerprint density at radius 2 is 2.14 bits per heavy atom. The van der Waals surface area contributed by atoms with Crippen LogP contribution in [0.5, 0.6) is 0 Å². The van der Waals surface area contributed by atoms with Crippen molar-refractivity contribution >= 4 is 11.6 Å². The van der Waals surface area contributed by atoms with E-state index in [1.54, 1.807) is 11.6 Å². The fourth-order valence-corrected chi connectivity index (χ4v) is 2.28. The van der Waals surface area contributed by atoms with E-state index >= 15 is 0 Å². The van der Waals surface area contributed by atoms with Crippen molar-refractivity contribution in [2.45, 2.75) is 12.6 Å². The molecule has 0 spiro atoms. The van der Waals surface area contributed by atoms with Gasteiger partial charge in [0.2, 0.25) is 0 Å². The van der Waals surface area contributed by atoms with Crippen LogP contribution in [0.15, 0.2) is 42.7 Å². The van der Waals surface area contributed by atoms with E-state index in [9.17, 15) is 5.11 Å². The molecule has 0 aliphatic carbocycles. The Balaban J connectivity index is 1.96. The molecule has 0 aliphatic heterocycles. The van der Waals surface area contributed by atoms with Gasteiger partial charge in [-0.2, -0.15) is 14.6 Å². The highest BCUT2D eigenvalue weighted by Crippen LogP contribution is 2.20. The molecule has 7 nitrogen and oxygen atoms in total. The first kappa shape index (κ1) is 14.4. The Morgan fingerprint density at radius 1 is 1.32 bits per heavy atom. The minimum atomic E-state index is -0.244. The smallest absolute Gasteiger partial charge is 0.254 e. The van der Waals surface area contributed by atoms with E-state index in [0.29, 0.717) is 18.2 Å². The third kappa shape index (κ3) is 2.90. The van der Waals surface area contributed by atoms with Crippen LogP contribution in [-0.4, -0.2) is 38.4 Å². The van der Waals surface area contributed by atoms with Crippen molar-refractivity contribution in [1.82, 2.24) is 19.6 Å². The summed E-state index contributed by atoms with van der Waals surface area (Å²) in [6, 6.07) is 11.3. The van der Waals surface area contributed by atoms with Gasteiger partial charge in [-0.15, -0.1) is 0 Å². The molecule has 114 valence electrons. The van der Waals surface area contributed by atoms with E-state index in [-0.39, 0.29) is 12.6 Å². The third-order valence-electron chi connectivity index (χ3n) is 3.30. The first-order chi connectivity index (χ1) is 10.8. The number of ether oxygens (including phenoxy) is 1. The Kier molecular flexibility index (Phi) is 4.27. The van der Waals surface area contributed by atoms with E-state index in [1.165, 1.54) is 6.33 Å². The zero-order valence-electron chi connectivity index (χ0n) is 12.2. The second-order valence-corrected chi connectivity index (χ2v) is 4.83. The molecule has 22 heavy (non-hydrogen) atoms. The molecule has 3 aromatic rings. The molecule has 0 aliphatic rings. The second kappa shape index (κ2) is 6.50. The number of hydrogen-bond acceptors (Lipinski definition) is 6. The van der Waals surface area contributed by atoms with Gasteiger partial charge >= 0.3 is 0 Å². The predicted molar refractivity (Wildman–Crippen MR) is 81.4 cm³/mol. The lowest BCUT2D eigenvalue weighted by molar-refractivity contribution is 0.181. The Labute approximate surface area is 127 Å². The summed E-state index contributed by atoms with van der Waals surface area (Å²) in [5.41, 5.74) is 1.73. The highest BCUT2D eigenvalue weighted by atomic mass is 16.5. The zero-order chi connectivity index (χ0) is 15.4. The van der Waals surface area contributed by atoms with Crippen molar-refractivity contribution in [1.29, 1.82) is 0 Å². The lowest BCUT2D eigenvalue weighted by Gasteiger charge is -2.18. The lowest BCUT2D eigenvalue weighted by atomic mass is 10.1. The van der Waals surface area contributed by atoms with Crippen LogP contribution in [0.4, 0.5) is 5.82 Å². The molecule has 2 heterocycles. The largest absolute Gasteiger partial charge is 0.394 e. The summed E-state index contributed by atoms with van der Waals surface area (Å²) in [5, 5.41) is 17.1. The number of aliphatic hydroxyl groups is 1. The standard InChI is InChI=1S/C15H17N5O2/c1-22-9-12-7-14(20-15(18-12)16-10-17-20)19-13(8-21)11-5-3-2-4-6-11/h2-7,10,13,19,21H,8-9H2,1H3/t13-/m1/s1. The first-order valence-corrected chi connectivity index (χ1v) is 6.92. The van der Waals surface area contributed by atoms with E-state index < -0.39 is 0 Å². The van der Waals surface area contributed by atoms with Crippen LogP contribution in [0.3, 0.4) is 0 Å². The van der Waals surface area contributed by atoms with Crippen molar-refractivity contribution in [3.63, 3.8) is 0 Å². The molecular formula is C15H17N5O2. The molecule has 0 radical (unpaired) electrons. The molecule has 0 amide bonds. The molecule has 0 unspecified atom stereocenters. The molecule has 0 saturated carbocycles. The molecule has 0 fully saturated rings. The molecule has 2 N–H and O–H groups in total. The third-order valence-corrected chi connectivity index (χ3v) is 3.30. The van der Waals surface area contributed by atoms with Crippen LogP contribution >= 0.6 is 0 Å². The van der Waals surface area contributed by atoms with E-state index in [1.807, 2.05) is 36.4 Å². The predicted octanol–water partition coefficient (Wildman–Crippen LogP) is 1.42. The molecule has 7 heteroatoms. The molecule has 0 saturated heterocycles. The van der Waals surface area contributed by atoms with E-state index in [0.717, 1.165) is 11.3 Å². The Hall–Kier alpha value is -2.51. The van der Waals surface area contributed by atoms with Crippen LogP contribution < -0.4 is 5.32 Å². The van der Waals surface area contributed by atoms with Gasteiger partial charge in [0.15, 0.2) is 0 Å². The van der Waals surface area contributed by atoms with Gasteiger partial charge in [0.05, 0.1) is 24.9 Å². The van der Waals surface area contributed by atoms with Gasteiger partial charge in [0.25, 0.3) is 5.78 Å². The SMILES string of the molecule is COCc1cc(N[C@H](CO)c2ccccc2)n2ncnc2n1. The van der Waals surface area contributed by atoms with Crippen molar-refractivity contribution < 1.29 is 9.84 Å². The molecule has 1 atom stereocenters. The van der Waals surface area contributed by atoms with Crippen LogP contribution in [0, 0.1) is 0 Å². The fourth-order valence-electron chi connectivity index (χ4n) is 2.28. The van der Waals surface area contributed by atoms with Crippen molar-refractivity contribution in [2.75, 3.05) is 19.0 Å². The number of nitrogens with zero attached hydrogens (tertiary/aromatic N) is 4. The maximum absolute atomic E-state index is 9.69. The lowest BCUT2D eigenvalue weighted by Crippen LogP contribution is -2.17. The van der Waals surface area contributed by atoms with Gasteiger partial charge < -0.3 is 15.2 Å². The number of aromatic nitrogens is 4. The highest BCUT2D eigenvalue weighted by molar-refractivity contribution is 5.46. The van der Waals surface area contributed by atoms with Gasteiger partial charge in [0.1, 0.15) is 12.1 Å². The van der Waals surface area contributed by atoms with Gasteiger partial charge in [-0.1, -0.05) is 30.3 Å². The van der Waals surface area contributed by atoms with Crippen LogP contribution in [0.1, 0.15) is 17.3 Å². The molecule has 0 bridgehead atoms. The van der Waals surface area contributed by atoms with Crippen molar-refractivity contribution in [2.24, 2.45) is 0 Å². The fraction of sp³-hybridized carbons (Fsp3) is 0.267. The van der Waals surface area contributed by atoms with E-state index in [4.69, 9.17) is 4.74 Å². The minimum Gasteiger partial charge on any atom is -0.394 e. The Morgan fingerprint density at radius 3 is 2.86 bits per heavy atom. The van der Waals surface area contributed by atoms with Gasteiger partial charge in [-0.05, 0) is 5.56 Å². The number of methoxy groups -OCH3 is 1. The number of benzene rings is 1. The Bertz CT molecular complexity index is 744. The number of nitrogens with one attached hydrogen (secondary N) is 1. The number of rotatable bonds is 6. The molecule has 1 aromatic carbocycles. The first-order valence-electron chi connectivity index (χ1n) is 6.92. The second-order valence-electron chi connectivity index (χ2n) is 4.83. The number of anilines is 1. The van der Waals surface area contributed by atoms with Crippen molar-refractivity contribution in [3.05, 3.63) is 54.0 Å². The number of aliphatic hydroxyl groups excluding tert-OH is 1. The monoisotopic (exact) mass is 299 g/mol. The maximum Gasteiger partial charge on any atom is 0.254 e. The average molecular weight is 299 g/mol. The van der Waals surface area contributed by atoms with Gasteiger partial charge in [0, 0.05) is 13.2 Å². The summed E-state index contributed by atoms with van der Waals surface area (Å²) in [5.74, 6) is 1.19. The number of hydrogen-bond donors (Lipinski definition) is 2. The van der Waals surface area contributed by atoms with Crippen LogP contribution in [0.25, 0.3) is 5.78 Å².